The van der Waals surface area contributed by atoms with Gasteiger partial charge in [-0.2, -0.15) is 0 Å². The maximum atomic E-state index is 12.9. The zero-order valence-electron chi connectivity index (χ0n) is 14.0. The van der Waals surface area contributed by atoms with Gasteiger partial charge in [-0.25, -0.2) is 0 Å². The molecule has 118 valence electrons. The Kier molecular flexibility index (Phi) is 4.08. The lowest BCUT2D eigenvalue weighted by atomic mass is 9.80. The third-order valence-corrected chi connectivity index (χ3v) is 4.56. The second-order valence-electron chi connectivity index (χ2n) is 6.89. The van der Waals surface area contributed by atoms with Gasteiger partial charge in [0.25, 0.3) is 5.91 Å². The number of carbonyl (C=O) groups is 1. The van der Waals surface area contributed by atoms with Crippen LogP contribution < -0.4 is 4.90 Å². The molecule has 0 spiro atoms. The highest BCUT2D eigenvalue weighted by atomic mass is 16.2. The Morgan fingerprint density at radius 1 is 1.09 bits per heavy atom. The average molecular weight is 305 g/mol. The van der Waals surface area contributed by atoms with E-state index in [0.717, 1.165) is 17.7 Å². The van der Waals surface area contributed by atoms with Gasteiger partial charge >= 0.3 is 0 Å². The molecule has 1 aliphatic rings. The predicted molar refractivity (Wildman–Crippen MR) is 96.5 cm³/mol. The number of fused-ring (bicyclic) bond motifs is 1. The van der Waals surface area contributed by atoms with Crippen LogP contribution in [0.25, 0.3) is 6.08 Å². The minimum atomic E-state index is -0.189. The summed E-state index contributed by atoms with van der Waals surface area (Å²) in [4.78, 5) is 14.8. The molecule has 0 saturated carbocycles. The van der Waals surface area contributed by atoms with E-state index in [1.165, 1.54) is 5.56 Å². The number of hydrogen-bond donors (Lipinski definition) is 0. The summed E-state index contributed by atoms with van der Waals surface area (Å²) in [6.45, 7) is 6.53. The Morgan fingerprint density at radius 2 is 1.74 bits per heavy atom. The first-order chi connectivity index (χ1) is 11.0. The largest absolute Gasteiger partial charge is 0.303 e. The lowest BCUT2D eigenvalue weighted by Crippen LogP contribution is -2.51. The van der Waals surface area contributed by atoms with Gasteiger partial charge in [0.05, 0.1) is 0 Å². The second-order valence-corrected chi connectivity index (χ2v) is 6.89. The van der Waals surface area contributed by atoms with Gasteiger partial charge < -0.3 is 4.90 Å². The van der Waals surface area contributed by atoms with Crippen LogP contribution in [0.4, 0.5) is 5.69 Å². The fourth-order valence-corrected chi connectivity index (χ4v) is 3.61. The van der Waals surface area contributed by atoms with Crippen LogP contribution in [0, 0.1) is 0 Å². The summed E-state index contributed by atoms with van der Waals surface area (Å²) >= 11 is 0. The molecule has 2 nitrogen and oxygen atoms in total. The number of para-hydroxylation sites is 1. The molecule has 1 aliphatic heterocycles. The number of anilines is 1. The molecule has 2 heteroatoms. The van der Waals surface area contributed by atoms with Crippen molar-refractivity contribution in [2.45, 2.75) is 38.6 Å². The summed E-state index contributed by atoms with van der Waals surface area (Å²) in [7, 11) is 0. The third-order valence-electron chi connectivity index (χ3n) is 4.56. The van der Waals surface area contributed by atoms with E-state index >= 15 is 0 Å². The maximum Gasteiger partial charge on any atom is 0.251 e. The van der Waals surface area contributed by atoms with Crippen LogP contribution in [-0.2, 0) is 4.79 Å². The first-order valence-electron chi connectivity index (χ1n) is 8.15. The molecule has 23 heavy (non-hydrogen) atoms. The van der Waals surface area contributed by atoms with Crippen LogP contribution in [0.5, 0.6) is 0 Å². The molecule has 0 radical (unpaired) electrons. The van der Waals surface area contributed by atoms with Crippen LogP contribution in [0.3, 0.4) is 0 Å². The van der Waals surface area contributed by atoms with Crippen molar-refractivity contribution in [3.8, 4) is 0 Å². The molecule has 0 aliphatic carbocycles. The Balaban J connectivity index is 1.95. The Morgan fingerprint density at radius 3 is 2.48 bits per heavy atom. The van der Waals surface area contributed by atoms with Gasteiger partial charge in [-0.1, -0.05) is 55.5 Å². The normalized spacial score (nSPS) is 19.6. The topological polar surface area (TPSA) is 20.3 Å². The van der Waals surface area contributed by atoms with Crippen molar-refractivity contribution in [3.63, 3.8) is 0 Å². The van der Waals surface area contributed by atoms with Gasteiger partial charge in [0.2, 0.25) is 0 Å². The number of amides is 1. The van der Waals surface area contributed by atoms with Gasteiger partial charge in [0.1, 0.15) is 0 Å². The van der Waals surface area contributed by atoms with Crippen LogP contribution in [0.15, 0.2) is 60.7 Å². The number of benzene rings is 2. The van der Waals surface area contributed by atoms with Crippen molar-refractivity contribution < 1.29 is 4.79 Å². The molecule has 1 heterocycles. The molecular formula is C21H23NO. The van der Waals surface area contributed by atoms with Gasteiger partial charge in [-0.05, 0) is 49.5 Å². The number of carbonyl (C=O) groups excluding carboxylic acids is 1. The second kappa shape index (κ2) is 6.04. The molecule has 1 atom stereocenters. The Labute approximate surface area is 138 Å². The minimum absolute atomic E-state index is 0.0400. The van der Waals surface area contributed by atoms with E-state index in [1.54, 1.807) is 6.08 Å². The SMILES string of the molecule is C[C@@H]1CC(C)(C)N(C(=O)/C=C/c2ccccc2)c2ccccc21. The zero-order chi connectivity index (χ0) is 16.4. The van der Waals surface area contributed by atoms with Crippen LogP contribution in [0.1, 0.15) is 44.2 Å². The first kappa shape index (κ1) is 15.5. The lowest BCUT2D eigenvalue weighted by Gasteiger charge is -2.45. The van der Waals surface area contributed by atoms with E-state index < -0.39 is 0 Å². The van der Waals surface area contributed by atoms with Crippen LogP contribution in [0.2, 0.25) is 0 Å². The highest BCUT2D eigenvalue weighted by molar-refractivity contribution is 6.05. The van der Waals surface area contributed by atoms with E-state index in [4.69, 9.17) is 0 Å². The smallest absolute Gasteiger partial charge is 0.251 e. The van der Waals surface area contributed by atoms with E-state index in [-0.39, 0.29) is 11.4 Å². The molecule has 0 bridgehead atoms. The van der Waals surface area contributed by atoms with Crippen molar-refractivity contribution in [2.75, 3.05) is 4.90 Å². The van der Waals surface area contributed by atoms with Crippen molar-refractivity contribution in [3.05, 3.63) is 71.8 Å². The van der Waals surface area contributed by atoms with E-state index in [0.29, 0.717) is 5.92 Å². The lowest BCUT2D eigenvalue weighted by molar-refractivity contribution is -0.115. The van der Waals surface area contributed by atoms with Crippen molar-refractivity contribution in [2.24, 2.45) is 0 Å². The standard InChI is InChI=1S/C21H23NO/c1-16-15-21(2,3)22(19-12-8-7-11-18(16)19)20(23)14-13-17-9-5-4-6-10-17/h4-14,16H,15H2,1-3H3/b14-13+/t16-/m1/s1. The fourth-order valence-electron chi connectivity index (χ4n) is 3.61. The summed E-state index contributed by atoms with van der Waals surface area (Å²) in [6.07, 6.45) is 4.54. The summed E-state index contributed by atoms with van der Waals surface area (Å²) < 4.78 is 0. The molecule has 0 saturated heterocycles. The van der Waals surface area contributed by atoms with E-state index in [1.807, 2.05) is 47.4 Å². The van der Waals surface area contributed by atoms with Gasteiger partial charge in [-0.15, -0.1) is 0 Å². The maximum absolute atomic E-state index is 12.9. The van der Waals surface area contributed by atoms with Crippen molar-refractivity contribution in [1.82, 2.24) is 0 Å². The highest BCUT2D eigenvalue weighted by Gasteiger charge is 2.38. The summed E-state index contributed by atoms with van der Waals surface area (Å²) in [5.74, 6) is 0.501. The van der Waals surface area contributed by atoms with Crippen molar-refractivity contribution in [1.29, 1.82) is 0 Å². The molecule has 0 N–H and O–H groups in total. The molecular weight excluding hydrogens is 282 g/mol. The zero-order valence-corrected chi connectivity index (χ0v) is 14.0. The summed E-state index contributed by atoms with van der Waals surface area (Å²) in [5, 5.41) is 0. The molecule has 1 amide bonds. The molecule has 0 aromatic heterocycles. The van der Waals surface area contributed by atoms with Gasteiger partial charge in [-0.3, -0.25) is 4.79 Å². The van der Waals surface area contributed by atoms with Crippen LogP contribution >= 0.6 is 0 Å². The minimum Gasteiger partial charge on any atom is -0.303 e. The predicted octanol–water partition coefficient (Wildman–Crippen LogP) is 5.02. The molecule has 2 aromatic rings. The third kappa shape index (κ3) is 3.07. The van der Waals surface area contributed by atoms with Crippen LogP contribution in [-0.4, -0.2) is 11.4 Å². The Bertz CT molecular complexity index is 731. The van der Waals surface area contributed by atoms with E-state index in [2.05, 4.69) is 39.0 Å². The number of nitrogens with zero attached hydrogens (tertiary/aromatic N) is 1. The molecule has 0 fully saturated rings. The monoisotopic (exact) mass is 305 g/mol. The van der Waals surface area contributed by atoms with Crippen molar-refractivity contribution >= 4 is 17.7 Å². The quantitative estimate of drug-likeness (QED) is 0.713. The highest BCUT2D eigenvalue weighted by Crippen LogP contribution is 2.43. The van der Waals surface area contributed by atoms with E-state index in [9.17, 15) is 4.79 Å². The number of rotatable bonds is 2. The summed E-state index contributed by atoms with van der Waals surface area (Å²) in [6, 6.07) is 18.2. The average Bonchev–Trinajstić information content (AvgIpc) is 2.53. The van der Waals surface area contributed by atoms with Gasteiger partial charge in [0, 0.05) is 17.3 Å². The first-order valence-corrected chi connectivity index (χ1v) is 8.15. The Hall–Kier alpha value is -2.35. The number of hydrogen-bond acceptors (Lipinski definition) is 1. The molecule has 0 unspecified atom stereocenters. The fraction of sp³-hybridized carbons (Fsp3) is 0.286. The molecule has 2 aromatic carbocycles. The summed E-state index contributed by atoms with van der Waals surface area (Å²) in [5.41, 5.74) is 3.15. The van der Waals surface area contributed by atoms with Gasteiger partial charge in [0.15, 0.2) is 0 Å². The molecule has 3 rings (SSSR count).